The maximum Gasteiger partial charge on any atom is 0.339 e. The van der Waals surface area contributed by atoms with Crippen LogP contribution in [0.25, 0.3) is 0 Å². The van der Waals surface area contributed by atoms with E-state index < -0.39 is 5.97 Å². The molecule has 0 unspecified atom stereocenters. The Balaban J connectivity index is 2.32. The molecule has 0 aliphatic heterocycles. The molecule has 2 rings (SSSR count). The number of anilines is 1. The van der Waals surface area contributed by atoms with Gasteiger partial charge in [0.1, 0.15) is 5.56 Å². The first kappa shape index (κ1) is 11.8. The van der Waals surface area contributed by atoms with Crippen molar-refractivity contribution in [1.82, 2.24) is 10.2 Å². The molecule has 1 heterocycles. The van der Waals surface area contributed by atoms with Gasteiger partial charge in [-0.1, -0.05) is 12.8 Å². The van der Waals surface area contributed by atoms with Crippen LogP contribution in [-0.2, 0) is 0 Å². The van der Waals surface area contributed by atoms with Crippen LogP contribution in [0, 0.1) is 13.8 Å². The minimum Gasteiger partial charge on any atom is -0.478 e. The van der Waals surface area contributed by atoms with Gasteiger partial charge in [0.2, 0.25) is 0 Å². The summed E-state index contributed by atoms with van der Waals surface area (Å²) in [5, 5.41) is 20.4. The van der Waals surface area contributed by atoms with Crippen LogP contribution in [0.2, 0.25) is 0 Å². The molecule has 0 radical (unpaired) electrons. The molecule has 0 saturated heterocycles. The molecule has 2 N–H and O–H groups in total. The Bertz CT molecular complexity index is 440. The molecule has 0 spiro atoms. The Labute approximate surface area is 100 Å². The monoisotopic (exact) mass is 235 g/mol. The number of carboxylic acids is 1. The summed E-state index contributed by atoms with van der Waals surface area (Å²) in [5.41, 5.74) is 1.61. The van der Waals surface area contributed by atoms with Crippen molar-refractivity contribution in [3.8, 4) is 0 Å². The zero-order chi connectivity index (χ0) is 12.4. The lowest BCUT2D eigenvalue weighted by Gasteiger charge is -2.15. The van der Waals surface area contributed by atoms with Gasteiger partial charge in [0.15, 0.2) is 5.82 Å². The molecule has 1 aromatic heterocycles. The summed E-state index contributed by atoms with van der Waals surface area (Å²) in [6.45, 7) is 3.54. The van der Waals surface area contributed by atoms with E-state index in [0.29, 0.717) is 23.1 Å². The Hall–Kier alpha value is -1.65. The Morgan fingerprint density at radius 3 is 2.53 bits per heavy atom. The third-order valence-corrected chi connectivity index (χ3v) is 3.36. The maximum atomic E-state index is 11.3. The van der Waals surface area contributed by atoms with Crippen LogP contribution in [-0.4, -0.2) is 27.3 Å². The quantitative estimate of drug-likeness (QED) is 0.839. The van der Waals surface area contributed by atoms with E-state index in [2.05, 4.69) is 15.5 Å². The van der Waals surface area contributed by atoms with Crippen LogP contribution >= 0.6 is 0 Å². The molecular formula is C12H17N3O2. The minimum absolute atomic E-state index is 0.254. The molecule has 1 aliphatic rings. The first-order valence-electron chi connectivity index (χ1n) is 5.93. The standard InChI is InChI=1S/C12H17N3O2/c1-7-8(2)14-15-11(10(7)12(16)17)13-9-5-3-4-6-9/h9H,3-6H2,1-2H3,(H,13,15)(H,16,17). The number of rotatable bonds is 3. The van der Waals surface area contributed by atoms with Crippen molar-refractivity contribution < 1.29 is 9.90 Å². The Morgan fingerprint density at radius 1 is 1.29 bits per heavy atom. The van der Waals surface area contributed by atoms with E-state index >= 15 is 0 Å². The van der Waals surface area contributed by atoms with Gasteiger partial charge >= 0.3 is 5.97 Å². The van der Waals surface area contributed by atoms with E-state index in [4.69, 9.17) is 0 Å². The number of nitrogens with one attached hydrogen (secondary N) is 1. The highest BCUT2D eigenvalue weighted by molar-refractivity contribution is 5.94. The van der Waals surface area contributed by atoms with Crippen LogP contribution in [0.4, 0.5) is 5.82 Å². The Kier molecular flexibility index (Phi) is 3.26. The number of hydrogen-bond acceptors (Lipinski definition) is 4. The van der Waals surface area contributed by atoms with Crippen LogP contribution in [0.15, 0.2) is 0 Å². The van der Waals surface area contributed by atoms with Crippen molar-refractivity contribution in [1.29, 1.82) is 0 Å². The van der Waals surface area contributed by atoms with E-state index in [1.54, 1.807) is 13.8 Å². The van der Waals surface area contributed by atoms with Crippen LogP contribution in [0.3, 0.4) is 0 Å². The number of aryl methyl sites for hydroxylation is 1. The SMILES string of the molecule is Cc1nnc(NC2CCCC2)c(C(=O)O)c1C. The van der Waals surface area contributed by atoms with Crippen molar-refractivity contribution >= 4 is 11.8 Å². The van der Waals surface area contributed by atoms with Crippen molar-refractivity contribution in [2.75, 3.05) is 5.32 Å². The molecule has 0 bridgehead atoms. The largest absolute Gasteiger partial charge is 0.478 e. The van der Waals surface area contributed by atoms with Gasteiger partial charge in [-0.05, 0) is 32.3 Å². The van der Waals surface area contributed by atoms with Crippen molar-refractivity contribution in [3.05, 3.63) is 16.8 Å². The van der Waals surface area contributed by atoms with Gasteiger partial charge in [-0.25, -0.2) is 4.79 Å². The van der Waals surface area contributed by atoms with Gasteiger partial charge in [-0.3, -0.25) is 0 Å². The van der Waals surface area contributed by atoms with Gasteiger partial charge in [0.05, 0.1) is 5.69 Å². The molecule has 92 valence electrons. The average Bonchev–Trinajstić information content (AvgIpc) is 2.76. The number of nitrogens with zero attached hydrogens (tertiary/aromatic N) is 2. The highest BCUT2D eigenvalue weighted by Crippen LogP contribution is 2.24. The first-order valence-corrected chi connectivity index (χ1v) is 5.93. The maximum absolute atomic E-state index is 11.3. The molecule has 1 aromatic rings. The normalized spacial score (nSPS) is 16.1. The fourth-order valence-electron chi connectivity index (χ4n) is 2.23. The fraction of sp³-hybridized carbons (Fsp3) is 0.583. The fourth-order valence-corrected chi connectivity index (χ4v) is 2.23. The lowest BCUT2D eigenvalue weighted by atomic mass is 10.1. The van der Waals surface area contributed by atoms with E-state index in [1.807, 2.05) is 0 Å². The van der Waals surface area contributed by atoms with Crippen molar-refractivity contribution in [2.24, 2.45) is 0 Å². The Morgan fingerprint density at radius 2 is 1.94 bits per heavy atom. The molecule has 1 fully saturated rings. The predicted molar refractivity (Wildman–Crippen MR) is 64.3 cm³/mol. The number of hydrogen-bond donors (Lipinski definition) is 2. The summed E-state index contributed by atoms with van der Waals surface area (Å²) >= 11 is 0. The van der Waals surface area contributed by atoms with Gasteiger partial charge in [-0.15, -0.1) is 5.10 Å². The number of carboxylic acid groups (broad SMARTS) is 1. The highest BCUT2D eigenvalue weighted by atomic mass is 16.4. The van der Waals surface area contributed by atoms with Gasteiger partial charge in [0, 0.05) is 6.04 Å². The predicted octanol–water partition coefficient (Wildman–Crippen LogP) is 2.15. The molecule has 17 heavy (non-hydrogen) atoms. The van der Waals surface area contributed by atoms with Gasteiger partial charge in [-0.2, -0.15) is 5.10 Å². The van der Waals surface area contributed by atoms with Crippen LogP contribution < -0.4 is 5.32 Å². The zero-order valence-corrected chi connectivity index (χ0v) is 10.2. The van der Waals surface area contributed by atoms with Crippen LogP contribution in [0.1, 0.15) is 47.3 Å². The average molecular weight is 235 g/mol. The number of aromatic nitrogens is 2. The second kappa shape index (κ2) is 4.69. The number of carbonyl (C=O) groups is 1. The zero-order valence-electron chi connectivity index (χ0n) is 10.2. The lowest BCUT2D eigenvalue weighted by molar-refractivity contribution is 0.0696. The van der Waals surface area contributed by atoms with E-state index in [-0.39, 0.29) is 5.56 Å². The molecule has 1 aliphatic carbocycles. The summed E-state index contributed by atoms with van der Waals surface area (Å²) in [7, 11) is 0. The van der Waals surface area contributed by atoms with Crippen molar-refractivity contribution in [3.63, 3.8) is 0 Å². The third-order valence-electron chi connectivity index (χ3n) is 3.36. The molecule has 5 nitrogen and oxygen atoms in total. The minimum atomic E-state index is -0.944. The molecule has 1 saturated carbocycles. The molecular weight excluding hydrogens is 218 g/mol. The smallest absolute Gasteiger partial charge is 0.339 e. The lowest BCUT2D eigenvalue weighted by Crippen LogP contribution is -2.20. The molecule has 0 aromatic carbocycles. The molecule has 0 amide bonds. The van der Waals surface area contributed by atoms with E-state index in [9.17, 15) is 9.90 Å². The van der Waals surface area contributed by atoms with Crippen LogP contribution in [0.5, 0.6) is 0 Å². The number of aromatic carboxylic acids is 1. The van der Waals surface area contributed by atoms with E-state index in [1.165, 1.54) is 12.8 Å². The van der Waals surface area contributed by atoms with E-state index in [0.717, 1.165) is 12.8 Å². The highest BCUT2D eigenvalue weighted by Gasteiger charge is 2.21. The van der Waals surface area contributed by atoms with Crippen molar-refractivity contribution in [2.45, 2.75) is 45.6 Å². The summed E-state index contributed by atoms with van der Waals surface area (Å²) in [4.78, 5) is 11.3. The second-order valence-electron chi connectivity index (χ2n) is 4.56. The molecule has 0 atom stereocenters. The summed E-state index contributed by atoms with van der Waals surface area (Å²) < 4.78 is 0. The summed E-state index contributed by atoms with van der Waals surface area (Å²) in [6, 6.07) is 0.338. The third kappa shape index (κ3) is 2.38. The van der Waals surface area contributed by atoms with Gasteiger partial charge in [0.25, 0.3) is 0 Å². The summed E-state index contributed by atoms with van der Waals surface area (Å²) in [6.07, 6.45) is 4.54. The topological polar surface area (TPSA) is 75.1 Å². The van der Waals surface area contributed by atoms with Gasteiger partial charge < -0.3 is 10.4 Å². The molecule has 5 heteroatoms. The second-order valence-corrected chi connectivity index (χ2v) is 4.56. The first-order chi connectivity index (χ1) is 8.09. The summed E-state index contributed by atoms with van der Waals surface area (Å²) in [5.74, 6) is -0.534.